The molecule has 3 rings (SSSR count). The van der Waals surface area contributed by atoms with E-state index in [-0.39, 0.29) is 11.9 Å². The van der Waals surface area contributed by atoms with Gasteiger partial charge in [-0.05, 0) is 43.4 Å². The average Bonchev–Trinajstić information content (AvgIpc) is 2.48. The first kappa shape index (κ1) is 13.5. The van der Waals surface area contributed by atoms with E-state index in [9.17, 15) is 4.79 Å². The molecule has 21 heavy (non-hydrogen) atoms. The van der Waals surface area contributed by atoms with Crippen molar-refractivity contribution in [2.45, 2.75) is 32.2 Å². The van der Waals surface area contributed by atoms with Crippen LogP contribution in [0.4, 0.5) is 5.95 Å². The summed E-state index contributed by atoms with van der Waals surface area (Å²) in [6.07, 6.45) is 4.22. The molecule has 0 bridgehead atoms. The van der Waals surface area contributed by atoms with Crippen molar-refractivity contribution < 1.29 is 4.79 Å². The van der Waals surface area contributed by atoms with E-state index < -0.39 is 0 Å². The molecule has 5 heteroatoms. The molecule has 1 unspecified atom stereocenters. The van der Waals surface area contributed by atoms with E-state index in [1.165, 1.54) is 0 Å². The van der Waals surface area contributed by atoms with Crippen molar-refractivity contribution >= 4 is 11.9 Å². The van der Waals surface area contributed by atoms with Crippen molar-refractivity contribution in [3.63, 3.8) is 0 Å². The second-order valence-corrected chi connectivity index (χ2v) is 5.43. The monoisotopic (exact) mass is 282 g/mol. The van der Waals surface area contributed by atoms with Gasteiger partial charge in [-0.15, -0.1) is 0 Å². The second-order valence-electron chi connectivity index (χ2n) is 5.43. The van der Waals surface area contributed by atoms with Crippen LogP contribution in [0.1, 0.15) is 33.6 Å². The standard InChI is InChI=1S/C16H18N4O/c1-10-4-2-3-5-13(10)15(21)19-12-6-7-14-11(8-12)9-18-16(17)20-14/h2-5,9,12H,6-8H2,1H3,(H,19,21)(H2,17,18,20). The maximum Gasteiger partial charge on any atom is 0.251 e. The molecule has 0 saturated heterocycles. The number of carbonyl (C=O) groups is 1. The number of nitrogen functional groups attached to an aromatic ring is 1. The molecule has 1 heterocycles. The minimum absolute atomic E-state index is 0.0158. The zero-order chi connectivity index (χ0) is 14.8. The van der Waals surface area contributed by atoms with Gasteiger partial charge in [-0.3, -0.25) is 4.79 Å². The van der Waals surface area contributed by atoms with E-state index >= 15 is 0 Å². The first-order valence-electron chi connectivity index (χ1n) is 7.10. The lowest BCUT2D eigenvalue weighted by Gasteiger charge is -2.24. The number of fused-ring (bicyclic) bond motifs is 1. The molecule has 1 aliphatic carbocycles. The van der Waals surface area contributed by atoms with Crippen LogP contribution in [0, 0.1) is 6.92 Å². The number of benzene rings is 1. The van der Waals surface area contributed by atoms with Crippen LogP contribution in [0.5, 0.6) is 0 Å². The third-order valence-corrected chi connectivity index (χ3v) is 3.89. The molecular weight excluding hydrogens is 264 g/mol. The molecule has 0 aliphatic heterocycles. The minimum atomic E-state index is -0.0158. The van der Waals surface area contributed by atoms with E-state index in [4.69, 9.17) is 5.73 Å². The molecule has 0 spiro atoms. The normalized spacial score (nSPS) is 17.1. The van der Waals surface area contributed by atoms with Gasteiger partial charge in [0.1, 0.15) is 0 Å². The van der Waals surface area contributed by atoms with Crippen LogP contribution in [0.25, 0.3) is 0 Å². The number of aryl methyl sites for hydroxylation is 2. The molecule has 108 valence electrons. The minimum Gasteiger partial charge on any atom is -0.368 e. The van der Waals surface area contributed by atoms with Crippen molar-refractivity contribution in [3.8, 4) is 0 Å². The lowest BCUT2D eigenvalue weighted by atomic mass is 9.92. The van der Waals surface area contributed by atoms with Gasteiger partial charge >= 0.3 is 0 Å². The summed E-state index contributed by atoms with van der Waals surface area (Å²) >= 11 is 0. The van der Waals surface area contributed by atoms with Crippen LogP contribution in [0.3, 0.4) is 0 Å². The molecule has 0 radical (unpaired) electrons. The quantitative estimate of drug-likeness (QED) is 0.877. The summed E-state index contributed by atoms with van der Waals surface area (Å²) in [5, 5.41) is 3.11. The Morgan fingerprint density at radius 2 is 2.19 bits per heavy atom. The Morgan fingerprint density at radius 1 is 1.38 bits per heavy atom. The van der Waals surface area contributed by atoms with Crippen LogP contribution < -0.4 is 11.1 Å². The Hall–Kier alpha value is -2.43. The summed E-state index contributed by atoms with van der Waals surface area (Å²) in [4.78, 5) is 20.6. The molecule has 1 aliphatic rings. The van der Waals surface area contributed by atoms with Crippen LogP contribution >= 0.6 is 0 Å². The molecule has 3 N–H and O–H groups in total. The van der Waals surface area contributed by atoms with Crippen LogP contribution in [-0.4, -0.2) is 21.9 Å². The van der Waals surface area contributed by atoms with Crippen molar-refractivity contribution in [2.75, 3.05) is 5.73 Å². The maximum absolute atomic E-state index is 12.3. The van der Waals surface area contributed by atoms with Gasteiger partial charge in [-0.2, -0.15) is 0 Å². The number of hydrogen-bond donors (Lipinski definition) is 2. The summed E-state index contributed by atoms with van der Waals surface area (Å²) in [6, 6.07) is 7.74. The van der Waals surface area contributed by atoms with E-state index in [2.05, 4.69) is 15.3 Å². The highest BCUT2D eigenvalue weighted by Crippen LogP contribution is 2.20. The first-order valence-corrected chi connectivity index (χ1v) is 7.10. The van der Waals surface area contributed by atoms with Gasteiger partial charge in [0.05, 0.1) is 0 Å². The van der Waals surface area contributed by atoms with E-state index in [0.29, 0.717) is 5.95 Å². The van der Waals surface area contributed by atoms with Gasteiger partial charge in [0.2, 0.25) is 5.95 Å². The fraction of sp³-hybridized carbons (Fsp3) is 0.312. The predicted octanol–water partition coefficient (Wildman–Crippen LogP) is 1.65. The van der Waals surface area contributed by atoms with E-state index in [1.807, 2.05) is 31.2 Å². The number of aromatic nitrogens is 2. The molecule has 1 aromatic carbocycles. The summed E-state index contributed by atoms with van der Waals surface area (Å²) in [5.74, 6) is 0.300. The van der Waals surface area contributed by atoms with Gasteiger partial charge in [0.15, 0.2) is 0 Å². The molecule has 2 aromatic rings. The molecule has 0 fully saturated rings. The first-order chi connectivity index (χ1) is 10.1. The molecular formula is C16H18N4O. The van der Waals surface area contributed by atoms with Gasteiger partial charge in [0, 0.05) is 23.5 Å². The number of nitrogens with zero attached hydrogens (tertiary/aromatic N) is 2. The predicted molar refractivity (Wildman–Crippen MR) is 80.9 cm³/mol. The largest absolute Gasteiger partial charge is 0.368 e. The summed E-state index contributed by atoms with van der Waals surface area (Å²) in [6.45, 7) is 1.95. The van der Waals surface area contributed by atoms with Crippen molar-refractivity contribution in [1.29, 1.82) is 0 Å². The smallest absolute Gasteiger partial charge is 0.251 e. The van der Waals surface area contributed by atoms with Crippen LogP contribution in [0.15, 0.2) is 30.5 Å². The SMILES string of the molecule is Cc1ccccc1C(=O)NC1CCc2nc(N)ncc2C1. The Balaban J connectivity index is 1.71. The zero-order valence-electron chi connectivity index (χ0n) is 12.0. The van der Waals surface area contributed by atoms with Crippen molar-refractivity contribution in [1.82, 2.24) is 15.3 Å². The zero-order valence-corrected chi connectivity index (χ0v) is 12.0. The van der Waals surface area contributed by atoms with Gasteiger partial charge in [0.25, 0.3) is 5.91 Å². The number of nitrogens with one attached hydrogen (secondary N) is 1. The third-order valence-electron chi connectivity index (χ3n) is 3.89. The van der Waals surface area contributed by atoms with Crippen molar-refractivity contribution in [3.05, 3.63) is 52.8 Å². The summed E-state index contributed by atoms with van der Waals surface area (Å²) in [7, 11) is 0. The highest BCUT2D eigenvalue weighted by molar-refractivity contribution is 5.95. The summed E-state index contributed by atoms with van der Waals surface area (Å²) < 4.78 is 0. The molecule has 1 aromatic heterocycles. The Kier molecular flexibility index (Phi) is 3.56. The van der Waals surface area contributed by atoms with Gasteiger partial charge < -0.3 is 11.1 Å². The molecule has 0 saturated carbocycles. The second kappa shape index (κ2) is 5.52. The Bertz CT molecular complexity index is 684. The lowest BCUT2D eigenvalue weighted by molar-refractivity contribution is 0.0933. The van der Waals surface area contributed by atoms with Crippen LogP contribution in [0.2, 0.25) is 0 Å². The number of rotatable bonds is 2. The topological polar surface area (TPSA) is 80.9 Å². The highest BCUT2D eigenvalue weighted by atomic mass is 16.1. The van der Waals surface area contributed by atoms with Crippen LogP contribution in [-0.2, 0) is 12.8 Å². The van der Waals surface area contributed by atoms with E-state index in [1.54, 1.807) is 6.20 Å². The van der Waals surface area contributed by atoms with Gasteiger partial charge in [-0.25, -0.2) is 9.97 Å². The maximum atomic E-state index is 12.3. The fourth-order valence-electron chi connectivity index (χ4n) is 2.74. The average molecular weight is 282 g/mol. The molecule has 1 amide bonds. The Morgan fingerprint density at radius 3 is 3.00 bits per heavy atom. The third kappa shape index (κ3) is 2.86. The number of nitrogens with two attached hydrogens (primary N) is 1. The summed E-state index contributed by atoms with van der Waals surface area (Å²) in [5.41, 5.74) is 9.40. The molecule has 1 atom stereocenters. The fourth-order valence-corrected chi connectivity index (χ4v) is 2.74. The molecule has 5 nitrogen and oxygen atoms in total. The van der Waals surface area contributed by atoms with E-state index in [0.717, 1.165) is 41.6 Å². The lowest BCUT2D eigenvalue weighted by Crippen LogP contribution is -2.39. The number of anilines is 1. The van der Waals surface area contributed by atoms with Gasteiger partial charge in [-0.1, -0.05) is 18.2 Å². The number of hydrogen-bond acceptors (Lipinski definition) is 4. The number of carbonyl (C=O) groups excluding carboxylic acids is 1. The number of amides is 1. The highest BCUT2D eigenvalue weighted by Gasteiger charge is 2.22. The Labute approximate surface area is 123 Å². The van der Waals surface area contributed by atoms with Crippen molar-refractivity contribution in [2.24, 2.45) is 0 Å².